The number of hydrogen-bond donors (Lipinski definition) is 2. The smallest absolute Gasteiger partial charge is 0.336 e. The summed E-state index contributed by atoms with van der Waals surface area (Å²) in [6.07, 6.45) is 3.45. The van der Waals surface area contributed by atoms with Gasteiger partial charge in [0.25, 0.3) is 5.91 Å². The van der Waals surface area contributed by atoms with Crippen molar-refractivity contribution in [2.75, 3.05) is 11.6 Å². The number of carbonyl (C=O) groups excluding carboxylic acids is 1. The largest absolute Gasteiger partial charge is 0.478 e. The van der Waals surface area contributed by atoms with Crippen LogP contribution < -0.4 is 5.32 Å². The van der Waals surface area contributed by atoms with E-state index in [9.17, 15) is 9.59 Å². The van der Waals surface area contributed by atoms with Gasteiger partial charge in [-0.1, -0.05) is 0 Å². The summed E-state index contributed by atoms with van der Waals surface area (Å²) in [5.41, 5.74) is 0.949. The van der Waals surface area contributed by atoms with Gasteiger partial charge in [0, 0.05) is 16.4 Å². The van der Waals surface area contributed by atoms with E-state index in [0.717, 1.165) is 0 Å². The Labute approximate surface area is 133 Å². The van der Waals surface area contributed by atoms with Crippen molar-refractivity contribution in [1.82, 2.24) is 4.98 Å². The molecule has 0 unspecified atom stereocenters. The van der Waals surface area contributed by atoms with Gasteiger partial charge < -0.3 is 10.4 Å². The normalized spacial score (nSPS) is 10.2. The molecule has 1 aromatic heterocycles. The average Bonchev–Trinajstić information content (AvgIpc) is 2.48. The maximum atomic E-state index is 12.2. The van der Waals surface area contributed by atoms with E-state index in [4.69, 9.17) is 5.11 Å². The van der Waals surface area contributed by atoms with Gasteiger partial charge in [-0.15, -0.1) is 11.8 Å². The van der Waals surface area contributed by atoms with E-state index in [1.807, 2.05) is 6.26 Å². The molecule has 1 heterocycles. The highest BCUT2D eigenvalue weighted by molar-refractivity contribution is 9.10. The quantitative estimate of drug-likeness (QED) is 0.809. The summed E-state index contributed by atoms with van der Waals surface area (Å²) in [6.45, 7) is 0. The van der Waals surface area contributed by atoms with Gasteiger partial charge in [0.15, 0.2) is 0 Å². The molecule has 21 heavy (non-hydrogen) atoms. The average molecular weight is 367 g/mol. The molecule has 0 atom stereocenters. The summed E-state index contributed by atoms with van der Waals surface area (Å²) in [4.78, 5) is 27.4. The van der Waals surface area contributed by atoms with Gasteiger partial charge in [0.1, 0.15) is 5.03 Å². The molecule has 0 bridgehead atoms. The first-order valence-corrected chi connectivity index (χ1v) is 7.88. The van der Waals surface area contributed by atoms with E-state index in [0.29, 0.717) is 20.7 Å². The van der Waals surface area contributed by atoms with Crippen molar-refractivity contribution in [2.45, 2.75) is 5.03 Å². The van der Waals surface area contributed by atoms with Crippen LogP contribution in [0, 0.1) is 0 Å². The number of aromatic nitrogens is 1. The zero-order chi connectivity index (χ0) is 15.4. The number of carbonyl (C=O) groups is 2. The molecule has 7 heteroatoms. The fraction of sp³-hybridized carbons (Fsp3) is 0.0714. The lowest BCUT2D eigenvalue weighted by molar-refractivity contribution is 0.0695. The number of carboxylic acids is 1. The van der Waals surface area contributed by atoms with Crippen molar-refractivity contribution in [3.8, 4) is 0 Å². The summed E-state index contributed by atoms with van der Waals surface area (Å²) in [5, 5.41) is 12.4. The summed E-state index contributed by atoms with van der Waals surface area (Å²) in [5.74, 6) is -1.39. The fourth-order valence-corrected chi connectivity index (χ4v) is 2.65. The van der Waals surface area contributed by atoms with Gasteiger partial charge in [0.2, 0.25) is 0 Å². The highest BCUT2D eigenvalue weighted by Crippen LogP contribution is 2.23. The fourth-order valence-electron chi connectivity index (χ4n) is 1.69. The van der Waals surface area contributed by atoms with Gasteiger partial charge in [-0.25, -0.2) is 9.78 Å². The van der Waals surface area contributed by atoms with Crippen LogP contribution in [0.3, 0.4) is 0 Å². The number of amides is 1. The summed E-state index contributed by atoms with van der Waals surface area (Å²) >= 11 is 4.53. The van der Waals surface area contributed by atoms with Crippen molar-refractivity contribution >= 4 is 45.3 Å². The molecule has 0 fully saturated rings. The van der Waals surface area contributed by atoms with Gasteiger partial charge >= 0.3 is 5.97 Å². The first-order valence-electron chi connectivity index (χ1n) is 5.86. The van der Waals surface area contributed by atoms with Crippen LogP contribution in [0.25, 0.3) is 0 Å². The third kappa shape index (κ3) is 3.62. The molecule has 1 amide bonds. The van der Waals surface area contributed by atoms with Crippen molar-refractivity contribution in [2.24, 2.45) is 0 Å². The minimum absolute atomic E-state index is 0.0871. The SMILES string of the molecule is CSc1ncccc1C(=O)Nc1ccc(Br)c(C(=O)O)c1. The highest BCUT2D eigenvalue weighted by Gasteiger charge is 2.14. The van der Waals surface area contributed by atoms with Gasteiger partial charge in [-0.3, -0.25) is 4.79 Å². The molecule has 0 aliphatic rings. The van der Waals surface area contributed by atoms with Crippen molar-refractivity contribution in [1.29, 1.82) is 0 Å². The third-order valence-electron chi connectivity index (χ3n) is 2.66. The maximum Gasteiger partial charge on any atom is 0.336 e. The monoisotopic (exact) mass is 366 g/mol. The second-order valence-electron chi connectivity index (χ2n) is 4.01. The molecule has 0 spiro atoms. The third-order valence-corrected chi connectivity index (χ3v) is 4.07. The Bertz CT molecular complexity index is 706. The number of rotatable bonds is 4. The highest BCUT2D eigenvalue weighted by atomic mass is 79.9. The van der Waals surface area contributed by atoms with E-state index in [2.05, 4.69) is 26.2 Å². The first-order chi connectivity index (χ1) is 10.0. The zero-order valence-corrected chi connectivity index (χ0v) is 13.4. The van der Waals surface area contributed by atoms with Crippen LogP contribution in [-0.2, 0) is 0 Å². The van der Waals surface area contributed by atoms with Crippen molar-refractivity contribution in [3.05, 3.63) is 52.1 Å². The molecule has 2 N–H and O–H groups in total. The summed E-state index contributed by atoms with van der Waals surface area (Å²) in [7, 11) is 0. The number of carboxylic acid groups (broad SMARTS) is 1. The molecule has 0 aliphatic heterocycles. The molecule has 2 aromatic rings. The Morgan fingerprint density at radius 2 is 2.05 bits per heavy atom. The second-order valence-corrected chi connectivity index (χ2v) is 5.66. The van der Waals surface area contributed by atoms with Crippen molar-refractivity contribution < 1.29 is 14.7 Å². The summed E-state index contributed by atoms with van der Waals surface area (Å²) < 4.78 is 0.458. The van der Waals surface area contributed by atoms with Crippen LogP contribution in [0.1, 0.15) is 20.7 Å². The number of benzene rings is 1. The Morgan fingerprint density at radius 1 is 1.29 bits per heavy atom. The van der Waals surface area contributed by atoms with Crippen LogP contribution in [0.4, 0.5) is 5.69 Å². The van der Waals surface area contributed by atoms with Crippen molar-refractivity contribution in [3.63, 3.8) is 0 Å². The predicted molar refractivity (Wildman–Crippen MR) is 85.1 cm³/mol. The molecule has 0 saturated carbocycles. The summed E-state index contributed by atoms with van der Waals surface area (Å²) in [6, 6.07) is 7.96. The van der Waals surface area contributed by atoms with Crippen LogP contribution in [0.2, 0.25) is 0 Å². The van der Waals surface area contributed by atoms with Gasteiger partial charge in [-0.2, -0.15) is 0 Å². The van der Waals surface area contributed by atoms with E-state index in [-0.39, 0.29) is 11.5 Å². The Hall–Kier alpha value is -1.86. The minimum Gasteiger partial charge on any atom is -0.478 e. The standard InChI is InChI=1S/C14H11BrN2O3S/c1-21-13-9(3-2-6-16-13)12(18)17-8-4-5-11(15)10(7-8)14(19)20/h2-7H,1H3,(H,17,18)(H,19,20). The lowest BCUT2D eigenvalue weighted by Crippen LogP contribution is -2.14. The van der Waals surface area contributed by atoms with E-state index in [1.54, 1.807) is 30.5 Å². The van der Waals surface area contributed by atoms with E-state index in [1.165, 1.54) is 17.8 Å². The van der Waals surface area contributed by atoms with Gasteiger partial charge in [0.05, 0.1) is 11.1 Å². The maximum absolute atomic E-state index is 12.2. The Balaban J connectivity index is 2.28. The molecular weight excluding hydrogens is 356 g/mol. The number of nitrogens with zero attached hydrogens (tertiary/aromatic N) is 1. The van der Waals surface area contributed by atoms with Crippen LogP contribution in [-0.4, -0.2) is 28.2 Å². The number of halogens is 1. The van der Waals surface area contributed by atoms with E-state index >= 15 is 0 Å². The molecule has 5 nitrogen and oxygen atoms in total. The van der Waals surface area contributed by atoms with Crippen LogP contribution >= 0.6 is 27.7 Å². The number of pyridine rings is 1. The lowest BCUT2D eigenvalue weighted by Gasteiger charge is -2.09. The molecule has 108 valence electrons. The topological polar surface area (TPSA) is 79.3 Å². The zero-order valence-electron chi connectivity index (χ0n) is 11.0. The van der Waals surface area contributed by atoms with E-state index < -0.39 is 5.97 Å². The minimum atomic E-state index is -1.07. The molecule has 0 saturated heterocycles. The number of anilines is 1. The molecule has 0 radical (unpaired) electrons. The van der Waals surface area contributed by atoms with Gasteiger partial charge in [-0.05, 0) is 52.5 Å². The Morgan fingerprint density at radius 3 is 2.71 bits per heavy atom. The lowest BCUT2D eigenvalue weighted by atomic mass is 10.2. The number of aromatic carboxylic acids is 1. The molecule has 2 rings (SSSR count). The first kappa shape index (κ1) is 15.5. The van der Waals surface area contributed by atoms with Crippen LogP contribution in [0.5, 0.6) is 0 Å². The molecule has 0 aliphatic carbocycles. The second kappa shape index (κ2) is 6.73. The van der Waals surface area contributed by atoms with Crippen LogP contribution in [0.15, 0.2) is 46.0 Å². The molecular formula is C14H11BrN2O3S. The Kier molecular flexibility index (Phi) is 4.98. The number of nitrogens with one attached hydrogen (secondary N) is 1. The predicted octanol–water partition coefficient (Wildman–Crippen LogP) is 3.52. The molecule has 1 aromatic carbocycles. The number of hydrogen-bond acceptors (Lipinski definition) is 4. The number of thioether (sulfide) groups is 1.